The van der Waals surface area contributed by atoms with Crippen molar-refractivity contribution in [3.05, 3.63) is 0 Å². The Morgan fingerprint density at radius 2 is 1.53 bits per heavy atom. The highest BCUT2D eigenvalue weighted by molar-refractivity contribution is 4.61. The number of likely N-dealkylation sites (N-methyl/N-ethyl adjacent to an activating group) is 1. The molecule has 2 nitrogen and oxygen atoms in total. The van der Waals surface area contributed by atoms with Crippen LogP contribution in [-0.4, -0.2) is 36.2 Å². The molecule has 0 bridgehead atoms. The molecular weight excluding hydrogens is 186 g/mol. The molecule has 0 spiro atoms. The van der Waals surface area contributed by atoms with E-state index >= 15 is 0 Å². The molecule has 0 aromatic rings. The standard InChI is InChI=1S/C13H29NO/c1-4-5-6-7-8-9-10-11-14(3)13(2)12-15/h13,15H,4-12H2,1-3H3. The third kappa shape index (κ3) is 8.88. The molecule has 0 saturated heterocycles. The summed E-state index contributed by atoms with van der Waals surface area (Å²) in [5, 5.41) is 8.96. The van der Waals surface area contributed by atoms with Crippen molar-refractivity contribution in [2.24, 2.45) is 0 Å². The third-order valence-electron chi connectivity index (χ3n) is 3.13. The number of hydrogen-bond acceptors (Lipinski definition) is 2. The van der Waals surface area contributed by atoms with E-state index in [1.54, 1.807) is 0 Å². The highest BCUT2D eigenvalue weighted by Gasteiger charge is 2.05. The average Bonchev–Trinajstić information content (AvgIpc) is 2.26. The number of hydrogen-bond donors (Lipinski definition) is 1. The predicted octanol–water partition coefficient (Wildman–Crippen LogP) is 3.05. The molecule has 0 rings (SSSR count). The molecule has 0 fully saturated rings. The minimum atomic E-state index is 0.271. The second kappa shape index (κ2) is 10.4. The minimum Gasteiger partial charge on any atom is -0.395 e. The second-order valence-corrected chi connectivity index (χ2v) is 4.63. The van der Waals surface area contributed by atoms with Gasteiger partial charge in [0.15, 0.2) is 0 Å². The number of aliphatic hydroxyl groups excluding tert-OH is 1. The van der Waals surface area contributed by atoms with E-state index in [0.29, 0.717) is 6.04 Å². The average molecular weight is 215 g/mol. The Balaban J connectivity index is 3.16. The van der Waals surface area contributed by atoms with E-state index in [9.17, 15) is 0 Å². The van der Waals surface area contributed by atoms with E-state index in [1.807, 2.05) is 0 Å². The zero-order valence-corrected chi connectivity index (χ0v) is 10.8. The lowest BCUT2D eigenvalue weighted by atomic mass is 10.1. The molecule has 1 N–H and O–H groups in total. The molecule has 0 amide bonds. The molecule has 1 unspecified atom stereocenters. The van der Waals surface area contributed by atoms with Gasteiger partial charge in [-0.2, -0.15) is 0 Å². The van der Waals surface area contributed by atoms with Gasteiger partial charge in [0.2, 0.25) is 0 Å². The van der Waals surface area contributed by atoms with Crippen LogP contribution >= 0.6 is 0 Å². The van der Waals surface area contributed by atoms with Crippen LogP contribution in [0.5, 0.6) is 0 Å². The van der Waals surface area contributed by atoms with Crippen molar-refractivity contribution < 1.29 is 5.11 Å². The Kier molecular flexibility index (Phi) is 10.4. The number of unbranched alkanes of at least 4 members (excludes halogenated alkanes) is 6. The lowest BCUT2D eigenvalue weighted by Gasteiger charge is -2.22. The summed E-state index contributed by atoms with van der Waals surface area (Å²) >= 11 is 0. The first-order chi connectivity index (χ1) is 7.22. The summed E-state index contributed by atoms with van der Waals surface area (Å²) in [5.74, 6) is 0. The van der Waals surface area contributed by atoms with Crippen LogP contribution in [0.1, 0.15) is 58.8 Å². The van der Waals surface area contributed by atoms with Crippen molar-refractivity contribution in [3.63, 3.8) is 0 Å². The van der Waals surface area contributed by atoms with Crippen LogP contribution in [0, 0.1) is 0 Å². The quantitative estimate of drug-likeness (QED) is 0.566. The normalized spacial score (nSPS) is 13.4. The van der Waals surface area contributed by atoms with Crippen LogP contribution in [0.3, 0.4) is 0 Å². The molecule has 0 aliphatic heterocycles. The molecule has 1 atom stereocenters. The van der Waals surface area contributed by atoms with Gasteiger partial charge in [0.1, 0.15) is 0 Å². The largest absolute Gasteiger partial charge is 0.395 e. The first-order valence-corrected chi connectivity index (χ1v) is 6.53. The number of rotatable bonds is 10. The highest BCUT2D eigenvalue weighted by Crippen LogP contribution is 2.07. The monoisotopic (exact) mass is 215 g/mol. The smallest absolute Gasteiger partial charge is 0.0584 e. The van der Waals surface area contributed by atoms with E-state index in [2.05, 4.69) is 25.8 Å². The van der Waals surface area contributed by atoms with E-state index < -0.39 is 0 Å². The molecule has 0 aromatic heterocycles. The molecule has 0 aliphatic carbocycles. The first-order valence-electron chi connectivity index (χ1n) is 6.53. The molecule has 0 aliphatic rings. The van der Waals surface area contributed by atoms with Gasteiger partial charge in [-0.15, -0.1) is 0 Å². The fourth-order valence-electron chi connectivity index (χ4n) is 1.68. The minimum absolute atomic E-state index is 0.271. The molecule has 15 heavy (non-hydrogen) atoms. The van der Waals surface area contributed by atoms with Gasteiger partial charge in [0.25, 0.3) is 0 Å². The van der Waals surface area contributed by atoms with Crippen molar-refractivity contribution in [1.29, 1.82) is 0 Å². The molecule has 92 valence electrons. The molecule has 0 aromatic carbocycles. The molecule has 0 saturated carbocycles. The van der Waals surface area contributed by atoms with Crippen LogP contribution in [0.4, 0.5) is 0 Å². The maximum atomic E-state index is 8.96. The van der Waals surface area contributed by atoms with Crippen LogP contribution in [-0.2, 0) is 0 Å². The van der Waals surface area contributed by atoms with Gasteiger partial charge in [0, 0.05) is 6.04 Å². The second-order valence-electron chi connectivity index (χ2n) is 4.63. The van der Waals surface area contributed by atoms with Gasteiger partial charge < -0.3 is 10.0 Å². The van der Waals surface area contributed by atoms with Crippen LogP contribution in [0.2, 0.25) is 0 Å². The van der Waals surface area contributed by atoms with E-state index in [4.69, 9.17) is 5.11 Å². The van der Waals surface area contributed by atoms with Gasteiger partial charge >= 0.3 is 0 Å². The van der Waals surface area contributed by atoms with Crippen LogP contribution < -0.4 is 0 Å². The SMILES string of the molecule is CCCCCCCCCN(C)C(C)CO. The zero-order chi connectivity index (χ0) is 11.5. The Morgan fingerprint density at radius 1 is 1.00 bits per heavy atom. The number of aliphatic hydroxyl groups is 1. The summed E-state index contributed by atoms with van der Waals surface area (Å²) in [5.41, 5.74) is 0. The topological polar surface area (TPSA) is 23.5 Å². The van der Waals surface area contributed by atoms with Crippen molar-refractivity contribution >= 4 is 0 Å². The third-order valence-corrected chi connectivity index (χ3v) is 3.13. The molecule has 0 heterocycles. The Morgan fingerprint density at radius 3 is 2.07 bits per heavy atom. The fourth-order valence-corrected chi connectivity index (χ4v) is 1.68. The Hall–Kier alpha value is -0.0800. The summed E-state index contributed by atoms with van der Waals surface area (Å²) < 4.78 is 0. The lowest BCUT2D eigenvalue weighted by molar-refractivity contribution is 0.157. The lowest BCUT2D eigenvalue weighted by Crippen LogP contribution is -2.32. The van der Waals surface area contributed by atoms with Gasteiger partial charge in [-0.05, 0) is 26.9 Å². The van der Waals surface area contributed by atoms with Crippen LogP contribution in [0.15, 0.2) is 0 Å². The Labute approximate surface area is 95.7 Å². The maximum absolute atomic E-state index is 8.96. The summed E-state index contributed by atoms with van der Waals surface area (Å²) in [6.45, 7) is 5.72. The molecule has 0 radical (unpaired) electrons. The fraction of sp³-hybridized carbons (Fsp3) is 1.00. The molecule has 2 heteroatoms. The van der Waals surface area contributed by atoms with E-state index in [-0.39, 0.29) is 6.61 Å². The first kappa shape index (κ1) is 14.9. The summed E-state index contributed by atoms with van der Waals surface area (Å²) in [6, 6.07) is 0.310. The summed E-state index contributed by atoms with van der Waals surface area (Å²) in [6.07, 6.45) is 9.51. The van der Waals surface area contributed by atoms with Gasteiger partial charge in [-0.25, -0.2) is 0 Å². The van der Waals surface area contributed by atoms with Crippen molar-refractivity contribution in [1.82, 2.24) is 4.90 Å². The zero-order valence-electron chi connectivity index (χ0n) is 10.8. The van der Waals surface area contributed by atoms with Gasteiger partial charge in [0.05, 0.1) is 6.61 Å². The highest BCUT2D eigenvalue weighted by atomic mass is 16.3. The van der Waals surface area contributed by atoms with Crippen molar-refractivity contribution in [2.75, 3.05) is 20.2 Å². The van der Waals surface area contributed by atoms with Crippen LogP contribution in [0.25, 0.3) is 0 Å². The summed E-state index contributed by atoms with van der Waals surface area (Å²) in [4.78, 5) is 2.24. The van der Waals surface area contributed by atoms with E-state index in [0.717, 1.165) is 6.54 Å². The molecular formula is C13H29NO. The van der Waals surface area contributed by atoms with Gasteiger partial charge in [-0.3, -0.25) is 0 Å². The Bertz CT molecular complexity index is 128. The summed E-state index contributed by atoms with van der Waals surface area (Å²) in [7, 11) is 2.10. The number of nitrogens with zero attached hydrogens (tertiary/aromatic N) is 1. The maximum Gasteiger partial charge on any atom is 0.0584 e. The predicted molar refractivity (Wildman–Crippen MR) is 67.2 cm³/mol. The van der Waals surface area contributed by atoms with Crippen molar-refractivity contribution in [3.8, 4) is 0 Å². The van der Waals surface area contributed by atoms with Crippen molar-refractivity contribution in [2.45, 2.75) is 64.8 Å². The van der Waals surface area contributed by atoms with Gasteiger partial charge in [-0.1, -0.05) is 45.4 Å². The van der Waals surface area contributed by atoms with E-state index in [1.165, 1.54) is 44.9 Å².